The molecule has 4 N–H and O–H groups in total. The average Bonchev–Trinajstić information content (AvgIpc) is 2.62. The first kappa shape index (κ1) is 12.1. The normalized spacial score (nSPS) is 19.5. The average molecular weight is 237 g/mol. The quantitative estimate of drug-likeness (QED) is 0.685. The van der Waals surface area contributed by atoms with E-state index in [2.05, 4.69) is 15.7 Å². The number of hydrogen-bond donors (Lipinski definition) is 3. The highest BCUT2D eigenvalue weighted by atomic mass is 16.2. The van der Waals surface area contributed by atoms with Gasteiger partial charge in [-0.3, -0.25) is 4.79 Å². The summed E-state index contributed by atoms with van der Waals surface area (Å²) in [5, 5.41) is 10.3. The van der Waals surface area contributed by atoms with E-state index in [4.69, 9.17) is 5.73 Å². The van der Waals surface area contributed by atoms with Crippen molar-refractivity contribution in [1.29, 1.82) is 0 Å². The number of aromatic nitrogens is 2. The summed E-state index contributed by atoms with van der Waals surface area (Å²) in [6.45, 7) is 5.45. The van der Waals surface area contributed by atoms with E-state index >= 15 is 0 Å². The van der Waals surface area contributed by atoms with Crippen LogP contribution in [0.15, 0.2) is 12.3 Å². The van der Waals surface area contributed by atoms with Crippen LogP contribution in [-0.4, -0.2) is 34.8 Å². The third kappa shape index (κ3) is 2.48. The molecule has 2 rings (SSSR count). The van der Waals surface area contributed by atoms with Crippen LogP contribution in [0.2, 0.25) is 0 Å². The van der Waals surface area contributed by atoms with Gasteiger partial charge in [0.25, 0.3) is 0 Å². The fourth-order valence-corrected chi connectivity index (χ4v) is 1.63. The first-order chi connectivity index (χ1) is 8.09. The van der Waals surface area contributed by atoms with Gasteiger partial charge in [-0.15, -0.1) is 0 Å². The lowest BCUT2D eigenvalue weighted by atomic mass is 10.0. The standard InChI is InChI=1S/C11H19N5O/c1-7(8(2)12)11(17)15-10-3-4-14-16(10)9-5-13-6-9/h3-4,7-9,13H,5-6,12H2,1-2H3,(H,15,17). The molecule has 2 unspecified atom stereocenters. The van der Waals surface area contributed by atoms with E-state index in [1.165, 1.54) is 0 Å². The lowest BCUT2D eigenvalue weighted by Crippen LogP contribution is -2.44. The molecule has 0 saturated carbocycles. The summed E-state index contributed by atoms with van der Waals surface area (Å²) in [6, 6.07) is 1.99. The zero-order valence-electron chi connectivity index (χ0n) is 10.2. The lowest BCUT2D eigenvalue weighted by molar-refractivity contribution is -0.119. The van der Waals surface area contributed by atoms with E-state index in [0.29, 0.717) is 6.04 Å². The van der Waals surface area contributed by atoms with Gasteiger partial charge >= 0.3 is 0 Å². The Morgan fingerprint density at radius 1 is 1.65 bits per heavy atom. The molecule has 6 nitrogen and oxygen atoms in total. The van der Waals surface area contributed by atoms with E-state index in [9.17, 15) is 4.79 Å². The monoisotopic (exact) mass is 237 g/mol. The molecule has 1 aliphatic heterocycles. The number of amides is 1. The van der Waals surface area contributed by atoms with Crippen LogP contribution in [0, 0.1) is 5.92 Å². The number of carbonyl (C=O) groups is 1. The maximum atomic E-state index is 11.9. The van der Waals surface area contributed by atoms with E-state index < -0.39 is 0 Å². The third-order valence-corrected chi connectivity index (χ3v) is 3.23. The smallest absolute Gasteiger partial charge is 0.229 e. The summed E-state index contributed by atoms with van der Waals surface area (Å²) in [5.41, 5.74) is 5.71. The van der Waals surface area contributed by atoms with Crippen LogP contribution >= 0.6 is 0 Å². The van der Waals surface area contributed by atoms with Gasteiger partial charge in [0.15, 0.2) is 0 Å². The molecule has 1 aromatic rings. The molecular formula is C11H19N5O. The minimum Gasteiger partial charge on any atom is -0.327 e. The Bertz CT molecular complexity index is 396. The van der Waals surface area contributed by atoms with Crippen molar-refractivity contribution in [3.05, 3.63) is 12.3 Å². The number of carbonyl (C=O) groups excluding carboxylic acids is 1. The number of nitrogens with one attached hydrogen (secondary N) is 2. The molecule has 1 aliphatic rings. The second-order valence-corrected chi connectivity index (χ2v) is 4.61. The fraction of sp³-hybridized carbons (Fsp3) is 0.636. The van der Waals surface area contributed by atoms with Crippen LogP contribution in [0.3, 0.4) is 0 Å². The maximum absolute atomic E-state index is 11.9. The van der Waals surface area contributed by atoms with Gasteiger partial charge in [-0.1, -0.05) is 6.92 Å². The van der Waals surface area contributed by atoms with Crippen molar-refractivity contribution in [2.24, 2.45) is 11.7 Å². The molecule has 2 heterocycles. The van der Waals surface area contributed by atoms with Crippen molar-refractivity contribution in [1.82, 2.24) is 15.1 Å². The van der Waals surface area contributed by atoms with Gasteiger partial charge in [-0.25, -0.2) is 4.68 Å². The molecule has 0 aliphatic carbocycles. The molecule has 6 heteroatoms. The highest BCUT2D eigenvalue weighted by molar-refractivity contribution is 5.91. The highest BCUT2D eigenvalue weighted by Crippen LogP contribution is 2.18. The van der Waals surface area contributed by atoms with Crippen molar-refractivity contribution in [3.8, 4) is 0 Å². The zero-order valence-corrected chi connectivity index (χ0v) is 10.2. The molecular weight excluding hydrogens is 218 g/mol. The van der Waals surface area contributed by atoms with Crippen molar-refractivity contribution in [3.63, 3.8) is 0 Å². The van der Waals surface area contributed by atoms with Crippen LogP contribution in [0.1, 0.15) is 19.9 Å². The van der Waals surface area contributed by atoms with Crippen LogP contribution in [0.5, 0.6) is 0 Å². The minimum absolute atomic E-state index is 0.0611. The topological polar surface area (TPSA) is 85.0 Å². The summed E-state index contributed by atoms with van der Waals surface area (Å²) >= 11 is 0. The molecule has 1 saturated heterocycles. The molecule has 1 fully saturated rings. The molecule has 0 bridgehead atoms. The van der Waals surface area contributed by atoms with Gasteiger partial charge in [0, 0.05) is 25.2 Å². The van der Waals surface area contributed by atoms with Crippen molar-refractivity contribution in [2.75, 3.05) is 18.4 Å². The van der Waals surface area contributed by atoms with Crippen molar-refractivity contribution >= 4 is 11.7 Å². The zero-order chi connectivity index (χ0) is 12.4. The van der Waals surface area contributed by atoms with Crippen LogP contribution in [-0.2, 0) is 4.79 Å². The van der Waals surface area contributed by atoms with Crippen molar-refractivity contribution < 1.29 is 4.79 Å². The van der Waals surface area contributed by atoms with Gasteiger partial charge in [-0.2, -0.15) is 5.10 Å². The van der Waals surface area contributed by atoms with Gasteiger partial charge in [0.2, 0.25) is 5.91 Å². The van der Waals surface area contributed by atoms with Crippen LogP contribution in [0.4, 0.5) is 5.82 Å². The third-order valence-electron chi connectivity index (χ3n) is 3.23. The maximum Gasteiger partial charge on any atom is 0.229 e. The summed E-state index contributed by atoms with van der Waals surface area (Å²) in [4.78, 5) is 11.9. The Labute approximate surface area is 101 Å². The Hall–Kier alpha value is -1.40. The molecule has 1 aromatic heterocycles. The number of nitrogens with zero attached hydrogens (tertiary/aromatic N) is 2. The first-order valence-corrected chi connectivity index (χ1v) is 5.90. The number of rotatable bonds is 4. The van der Waals surface area contributed by atoms with Crippen LogP contribution < -0.4 is 16.4 Å². The SMILES string of the molecule is CC(N)C(C)C(=O)Nc1ccnn1C1CNC1. The van der Waals surface area contributed by atoms with Gasteiger partial charge in [-0.05, 0) is 6.92 Å². The summed E-state index contributed by atoms with van der Waals surface area (Å²) in [7, 11) is 0. The minimum atomic E-state index is -0.210. The van der Waals surface area contributed by atoms with E-state index in [0.717, 1.165) is 18.9 Å². The number of hydrogen-bond acceptors (Lipinski definition) is 4. The summed E-state index contributed by atoms with van der Waals surface area (Å²) in [6.07, 6.45) is 1.70. The molecule has 94 valence electrons. The predicted octanol–water partition coefficient (Wildman–Crippen LogP) is -0.0508. The molecule has 0 aromatic carbocycles. The lowest BCUT2D eigenvalue weighted by Gasteiger charge is -2.29. The predicted molar refractivity (Wildman–Crippen MR) is 65.6 cm³/mol. The Kier molecular flexibility index (Phi) is 3.44. The van der Waals surface area contributed by atoms with Gasteiger partial charge < -0.3 is 16.4 Å². The van der Waals surface area contributed by atoms with E-state index in [1.54, 1.807) is 6.20 Å². The second-order valence-electron chi connectivity index (χ2n) is 4.61. The Balaban J connectivity index is 2.03. The largest absolute Gasteiger partial charge is 0.327 e. The number of anilines is 1. The van der Waals surface area contributed by atoms with Crippen molar-refractivity contribution in [2.45, 2.75) is 25.9 Å². The van der Waals surface area contributed by atoms with E-state index in [1.807, 2.05) is 24.6 Å². The summed E-state index contributed by atoms with van der Waals surface area (Å²) < 4.78 is 1.85. The Morgan fingerprint density at radius 2 is 2.35 bits per heavy atom. The summed E-state index contributed by atoms with van der Waals surface area (Å²) in [5.74, 6) is 0.473. The second kappa shape index (κ2) is 4.85. The Morgan fingerprint density at radius 3 is 2.88 bits per heavy atom. The molecule has 17 heavy (non-hydrogen) atoms. The molecule has 0 radical (unpaired) electrons. The van der Waals surface area contributed by atoms with Crippen LogP contribution in [0.25, 0.3) is 0 Å². The fourth-order valence-electron chi connectivity index (χ4n) is 1.63. The van der Waals surface area contributed by atoms with E-state index in [-0.39, 0.29) is 17.9 Å². The molecule has 2 atom stereocenters. The molecule has 1 amide bonds. The highest BCUT2D eigenvalue weighted by Gasteiger charge is 2.24. The van der Waals surface area contributed by atoms with Gasteiger partial charge in [0.05, 0.1) is 18.2 Å². The molecule has 0 spiro atoms. The first-order valence-electron chi connectivity index (χ1n) is 5.90. The van der Waals surface area contributed by atoms with Gasteiger partial charge in [0.1, 0.15) is 5.82 Å². The number of nitrogens with two attached hydrogens (primary N) is 1.